The molecule has 0 saturated carbocycles. The number of rotatable bonds is 8. The predicted molar refractivity (Wildman–Crippen MR) is 118 cm³/mol. The average molecular weight is 410 g/mol. The highest BCUT2D eigenvalue weighted by Crippen LogP contribution is 2.30. The number of hydrogen-bond donors (Lipinski definition) is 2. The molecule has 0 radical (unpaired) electrons. The second kappa shape index (κ2) is 10.8. The van der Waals surface area contributed by atoms with Gasteiger partial charge in [0, 0.05) is 17.7 Å². The van der Waals surface area contributed by atoms with Crippen LogP contribution in [0.5, 0.6) is 5.75 Å². The Morgan fingerprint density at radius 2 is 1.70 bits per heavy atom. The number of aryl methyl sites for hydroxylation is 1. The van der Waals surface area contributed by atoms with E-state index in [2.05, 4.69) is 21.6 Å². The van der Waals surface area contributed by atoms with Gasteiger partial charge in [-0.3, -0.25) is 14.5 Å². The summed E-state index contributed by atoms with van der Waals surface area (Å²) in [6, 6.07) is 15.4. The van der Waals surface area contributed by atoms with Crippen molar-refractivity contribution in [2.45, 2.75) is 32.2 Å². The van der Waals surface area contributed by atoms with Gasteiger partial charge in [-0.05, 0) is 50.6 Å². The molecule has 2 N–H and O–H groups in total. The minimum atomic E-state index is -0.236. The second-order valence-corrected chi connectivity index (χ2v) is 7.66. The van der Waals surface area contributed by atoms with E-state index in [1.165, 1.54) is 6.42 Å². The molecule has 1 unspecified atom stereocenters. The van der Waals surface area contributed by atoms with Gasteiger partial charge in [0.2, 0.25) is 5.91 Å². The van der Waals surface area contributed by atoms with E-state index in [9.17, 15) is 9.59 Å². The fourth-order valence-corrected chi connectivity index (χ4v) is 3.96. The maximum absolute atomic E-state index is 12.5. The third-order valence-corrected chi connectivity index (χ3v) is 5.62. The first-order valence-electron chi connectivity index (χ1n) is 10.6. The zero-order valence-electron chi connectivity index (χ0n) is 17.8. The molecule has 1 aliphatic rings. The van der Waals surface area contributed by atoms with Crippen molar-refractivity contribution in [3.05, 3.63) is 65.2 Å². The Morgan fingerprint density at radius 3 is 2.43 bits per heavy atom. The molecule has 1 fully saturated rings. The molecule has 160 valence electrons. The molecule has 1 aliphatic heterocycles. The Hall–Kier alpha value is -2.86. The Morgan fingerprint density at radius 1 is 1.00 bits per heavy atom. The summed E-state index contributed by atoms with van der Waals surface area (Å²) in [5, 5.41) is 5.72. The van der Waals surface area contributed by atoms with E-state index in [1.807, 2.05) is 43.3 Å². The average Bonchev–Trinajstić information content (AvgIpc) is 2.79. The largest absolute Gasteiger partial charge is 0.496 e. The first-order chi connectivity index (χ1) is 14.6. The fraction of sp³-hybridized carbons (Fsp3) is 0.417. The summed E-state index contributed by atoms with van der Waals surface area (Å²) in [6.45, 7) is 4.31. The zero-order valence-corrected chi connectivity index (χ0v) is 17.8. The molecule has 0 aliphatic carbocycles. The molecule has 1 atom stereocenters. The van der Waals surface area contributed by atoms with Crippen molar-refractivity contribution in [2.75, 3.05) is 33.3 Å². The van der Waals surface area contributed by atoms with Gasteiger partial charge < -0.3 is 15.4 Å². The summed E-state index contributed by atoms with van der Waals surface area (Å²) >= 11 is 0. The van der Waals surface area contributed by atoms with Crippen molar-refractivity contribution >= 4 is 11.8 Å². The van der Waals surface area contributed by atoms with E-state index >= 15 is 0 Å². The van der Waals surface area contributed by atoms with Gasteiger partial charge in [0.1, 0.15) is 5.75 Å². The summed E-state index contributed by atoms with van der Waals surface area (Å²) in [5.41, 5.74) is 2.55. The fourth-order valence-electron chi connectivity index (χ4n) is 3.96. The Labute approximate surface area is 178 Å². The van der Waals surface area contributed by atoms with E-state index < -0.39 is 0 Å². The van der Waals surface area contributed by atoms with Crippen molar-refractivity contribution in [1.29, 1.82) is 0 Å². The summed E-state index contributed by atoms with van der Waals surface area (Å²) < 4.78 is 5.57. The van der Waals surface area contributed by atoms with E-state index in [0.717, 1.165) is 42.8 Å². The van der Waals surface area contributed by atoms with Crippen LogP contribution in [0.25, 0.3) is 0 Å². The van der Waals surface area contributed by atoms with Crippen molar-refractivity contribution in [3.8, 4) is 5.75 Å². The van der Waals surface area contributed by atoms with Crippen LogP contribution in [0.15, 0.2) is 48.5 Å². The number of methoxy groups -OCH3 is 1. The van der Waals surface area contributed by atoms with Crippen LogP contribution in [0.4, 0.5) is 0 Å². The SMILES string of the molecule is COc1ccccc1C(CNC(=O)CNC(=O)c1ccccc1C)N1CCCCC1. The minimum Gasteiger partial charge on any atom is -0.496 e. The number of nitrogens with zero attached hydrogens (tertiary/aromatic N) is 1. The summed E-state index contributed by atoms with van der Waals surface area (Å²) in [7, 11) is 1.67. The lowest BCUT2D eigenvalue weighted by Gasteiger charge is -2.35. The van der Waals surface area contributed by atoms with Crippen LogP contribution < -0.4 is 15.4 Å². The monoisotopic (exact) mass is 409 g/mol. The highest BCUT2D eigenvalue weighted by molar-refractivity contribution is 5.97. The molecular formula is C24H31N3O3. The van der Waals surface area contributed by atoms with Gasteiger partial charge in [-0.15, -0.1) is 0 Å². The van der Waals surface area contributed by atoms with Crippen LogP contribution >= 0.6 is 0 Å². The van der Waals surface area contributed by atoms with Crippen LogP contribution in [-0.2, 0) is 4.79 Å². The number of hydrogen-bond acceptors (Lipinski definition) is 4. The molecule has 1 saturated heterocycles. The topological polar surface area (TPSA) is 70.7 Å². The van der Waals surface area contributed by atoms with Crippen molar-refractivity contribution in [3.63, 3.8) is 0 Å². The van der Waals surface area contributed by atoms with Gasteiger partial charge in [0.05, 0.1) is 19.7 Å². The van der Waals surface area contributed by atoms with Gasteiger partial charge in [-0.25, -0.2) is 0 Å². The van der Waals surface area contributed by atoms with Crippen LogP contribution in [0, 0.1) is 6.92 Å². The maximum atomic E-state index is 12.5. The van der Waals surface area contributed by atoms with Gasteiger partial charge in [0.15, 0.2) is 0 Å². The number of ether oxygens (including phenoxy) is 1. The third kappa shape index (κ3) is 5.60. The Kier molecular flexibility index (Phi) is 7.85. The predicted octanol–water partition coefficient (Wildman–Crippen LogP) is 3.08. The molecule has 0 spiro atoms. The van der Waals surface area contributed by atoms with Crippen LogP contribution in [0.2, 0.25) is 0 Å². The first kappa shape index (κ1) is 21.8. The van der Waals surface area contributed by atoms with Crippen LogP contribution in [0.3, 0.4) is 0 Å². The highest BCUT2D eigenvalue weighted by atomic mass is 16.5. The lowest BCUT2D eigenvalue weighted by molar-refractivity contribution is -0.120. The number of likely N-dealkylation sites (tertiary alicyclic amines) is 1. The van der Waals surface area contributed by atoms with E-state index in [1.54, 1.807) is 13.2 Å². The molecule has 1 heterocycles. The van der Waals surface area contributed by atoms with Gasteiger partial charge in [-0.1, -0.05) is 42.8 Å². The van der Waals surface area contributed by atoms with E-state index in [4.69, 9.17) is 4.74 Å². The second-order valence-electron chi connectivity index (χ2n) is 7.66. The molecule has 2 amide bonds. The number of carbonyl (C=O) groups excluding carboxylic acids is 2. The number of piperidine rings is 1. The van der Waals surface area contributed by atoms with Gasteiger partial charge in [0.25, 0.3) is 5.91 Å². The normalized spacial score (nSPS) is 15.3. The molecule has 0 bridgehead atoms. The highest BCUT2D eigenvalue weighted by Gasteiger charge is 2.25. The molecular weight excluding hydrogens is 378 g/mol. The molecule has 3 rings (SSSR count). The third-order valence-electron chi connectivity index (χ3n) is 5.62. The Balaban J connectivity index is 1.61. The Bertz CT molecular complexity index is 862. The smallest absolute Gasteiger partial charge is 0.251 e. The molecule has 30 heavy (non-hydrogen) atoms. The first-order valence-corrected chi connectivity index (χ1v) is 10.6. The quantitative estimate of drug-likeness (QED) is 0.703. The summed E-state index contributed by atoms with van der Waals surface area (Å²) in [5.74, 6) is 0.393. The molecule has 6 heteroatoms. The molecule has 0 aromatic heterocycles. The van der Waals surface area contributed by atoms with Crippen molar-refractivity contribution in [2.24, 2.45) is 0 Å². The van der Waals surface area contributed by atoms with Crippen molar-refractivity contribution in [1.82, 2.24) is 15.5 Å². The number of amides is 2. The standard InChI is InChI=1S/C24H31N3O3/c1-18-10-4-5-11-19(18)24(29)26-17-23(28)25-16-21(27-14-8-3-9-15-27)20-12-6-7-13-22(20)30-2/h4-7,10-13,21H,3,8-9,14-17H2,1-2H3,(H,25,28)(H,26,29). The van der Waals surface area contributed by atoms with Crippen molar-refractivity contribution < 1.29 is 14.3 Å². The summed E-state index contributed by atoms with van der Waals surface area (Å²) in [6.07, 6.45) is 3.56. The number of benzene rings is 2. The van der Waals surface area contributed by atoms with Gasteiger partial charge in [-0.2, -0.15) is 0 Å². The zero-order chi connectivity index (χ0) is 21.3. The lowest BCUT2D eigenvalue weighted by Crippen LogP contribution is -2.43. The molecule has 6 nitrogen and oxygen atoms in total. The summed E-state index contributed by atoms with van der Waals surface area (Å²) in [4.78, 5) is 27.2. The van der Waals surface area contributed by atoms with E-state index in [0.29, 0.717) is 12.1 Å². The van der Waals surface area contributed by atoms with Crippen LogP contribution in [-0.4, -0.2) is 50.0 Å². The lowest BCUT2D eigenvalue weighted by atomic mass is 10.0. The molecule has 2 aromatic carbocycles. The van der Waals surface area contributed by atoms with Gasteiger partial charge >= 0.3 is 0 Å². The number of para-hydroxylation sites is 1. The minimum absolute atomic E-state index is 0.0393. The maximum Gasteiger partial charge on any atom is 0.251 e. The van der Waals surface area contributed by atoms with Crippen LogP contribution in [0.1, 0.15) is 46.8 Å². The van der Waals surface area contributed by atoms with E-state index in [-0.39, 0.29) is 24.4 Å². The number of nitrogens with one attached hydrogen (secondary N) is 2. The molecule has 2 aromatic rings. The number of carbonyl (C=O) groups is 2.